The first-order valence-corrected chi connectivity index (χ1v) is 8.65. The lowest BCUT2D eigenvalue weighted by atomic mass is 10.2. The van der Waals surface area contributed by atoms with E-state index in [9.17, 15) is 13.2 Å². The van der Waals surface area contributed by atoms with E-state index in [0.717, 1.165) is 0 Å². The van der Waals surface area contributed by atoms with Crippen LogP contribution in [0, 0.1) is 5.92 Å². The maximum absolute atomic E-state index is 11.9. The largest absolute Gasteiger partial charge is 0.462 e. The number of nitrogens with one attached hydrogen (secondary N) is 1. The molecule has 21 heavy (non-hydrogen) atoms. The van der Waals surface area contributed by atoms with E-state index in [1.54, 1.807) is 6.92 Å². The molecule has 0 saturated heterocycles. The Morgan fingerprint density at radius 1 is 1.48 bits per heavy atom. The molecule has 0 bridgehead atoms. The van der Waals surface area contributed by atoms with Crippen LogP contribution in [0.5, 0.6) is 0 Å². The van der Waals surface area contributed by atoms with Crippen LogP contribution in [-0.4, -0.2) is 31.9 Å². The molecule has 0 aliphatic heterocycles. The van der Waals surface area contributed by atoms with Gasteiger partial charge in [-0.1, -0.05) is 13.0 Å². The summed E-state index contributed by atoms with van der Waals surface area (Å²) in [5.41, 5.74) is 0.171. The second-order valence-electron chi connectivity index (χ2n) is 4.79. The topological polar surface area (TPSA) is 72.5 Å². The number of ether oxygens (including phenoxy) is 1. The molecule has 1 atom stereocenters. The number of sulfonamides is 1. The highest BCUT2D eigenvalue weighted by atomic mass is 35.5. The van der Waals surface area contributed by atoms with Crippen LogP contribution in [0.4, 0.5) is 0 Å². The zero-order valence-corrected chi connectivity index (χ0v) is 13.6. The predicted octanol–water partition coefficient (Wildman–Crippen LogP) is 2.34. The molecule has 1 aliphatic rings. The van der Waals surface area contributed by atoms with Crippen LogP contribution in [0.2, 0.25) is 0 Å². The minimum atomic E-state index is -3.60. The molecule has 1 N–H and O–H groups in total. The van der Waals surface area contributed by atoms with Crippen LogP contribution in [0.15, 0.2) is 29.2 Å². The summed E-state index contributed by atoms with van der Waals surface area (Å²) in [6.07, 6.45) is 0.582. The van der Waals surface area contributed by atoms with Gasteiger partial charge in [-0.2, -0.15) is 0 Å². The maximum Gasteiger partial charge on any atom is 0.338 e. The second kappa shape index (κ2) is 6.12. The van der Waals surface area contributed by atoms with E-state index in [0.29, 0.717) is 6.42 Å². The lowest BCUT2D eigenvalue weighted by Gasteiger charge is -2.07. The molecule has 1 saturated carbocycles. The van der Waals surface area contributed by atoms with Gasteiger partial charge in [0, 0.05) is 12.5 Å². The average Bonchev–Trinajstić information content (AvgIpc) is 3.04. The van der Waals surface area contributed by atoms with Gasteiger partial charge in [0.1, 0.15) is 4.33 Å². The third kappa shape index (κ3) is 4.10. The van der Waals surface area contributed by atoms with E-state index in [4.69, 9.17) is 27.9 Å². The summed E-state index contributed by atoms with van der Waals surface area (Å²) in [5.74, 6) is -0.668. The molecule has 1 aromatic carbocycles. The molecule has 0 heterocycles. The van der Waals surface area contributed by atoms with E-state index in [2.05, 4.69) is 4.72 Å². The number of halogens is 2. The number of hydrogen-bond donors (Lipinski definition) is 1. The van der Waals surface area contributed by atoms with Crippen molar-refractivity contribution in [3.8, 4) is 0 Å². The Kier molecular flexibility index (Phi) is 4.82. The standard InChI is InChI=1S/C13H15Cl2NO4S/c1-2-16-21(18,19)11-5-3-4-9(6-11)12(17)20-8-10-7-13(10,14)15/h3-6,10,16H,2,7-8H2,1H3/t10-/m1/s1. The van der Waals surface area contributed by atoms with Gasteiger partial charge in [-0.05, 0) is 24.6 Å². The number of benzene rings is 1. The van der Waals surface area contributed by atoms with Crippen molar-refractivity contribution in [2.45, 2.75) is 22.6 Å². The number of alkyl halides is 2. The fraction of sp³-hybridized carbons (Fsp3) is 0.462. The highest BCUT2D eigenvalue weighted by Crippen LogP contribution is 2.53. The molecule has 5 nitrogen and oxygen atoms in total. The fourth-order valence-electron chi connectivity index (χ4n) is 1.77. The summed E-state index contributed by atoms with van der Waals surface area (Å²) >= 11 is 11.7. The van der Waals surface area contributed by atoms with Gasteiger partial charge in [0.15, 0.2) is 0 Å². The molecule has 116 valence electrons. The van der Waals surface area contributed by atoms with Crippen LogP contribution in [0.3, 0.4) is 0 Å². The van der Waals surface area contributed by atoms with Crippen molar-refractivity contribution in [1.82, 2.24) is 4.72 Å². The van der Waals surface area contributed by atoms with E-state index in [1.165, 1.54) is 24.3 Å². The number of carbonyl (C=O) groups excluding carboxylic acids is 1. The zero-order chi connectivity index (χ0) is 15.7. The molecule has 1 fully saturated rings. The highest BCUT2D eigenvalue weighted by molar-refractivity contribution is 7.89. The summed E-state index contributed by atoms with van der Waals surface area (Å²) in [5, 5.41) is 0. The molecule has 0 aromatic heterocycles. The normalized spacial score (nSPS) is 20.0. The lowest BCUT2D eigenvalue weighted by molar-refractivity contribution is 0.0485. The molecule has 1 aliphatic carbocycles. The summed E-state index contributed by atoms with van der Waals surface area (Å²) in [6.45, 7) is 2.07. The second-order valence-corrected chi connectivity index (χ2v) is 8.10. The molecule has 0 amide bonds. The Balaban J connectivity index is 2.05. The van der Waals surface area contributed by atoms with Crippen molar-refractivity contribution in [3.63, 3.8) is 0 Å². The number of hydrogen-bond acceptors (Lipinski definition) is 4. The van der Waals surface area contributed by atoms with Crippen molar-refractivity contribution in [3.05, 3.63) is 29.8 Å². The molecule has 8 heteroatoms. The van der Waals surface area contributed by atoms with Crippen LogP contribution in [-0.2, 0) is 14.8 Å². The number of carbonyl (C=O) groups is 1. The van der Waals surface area contributed by atoms with Gasteiger partial charge >= 0.3 is 5.97 Å². The molecule has 0 radical (unpaired) electrons. The van der Waals surface area contributed by atoms with Gasteiger partial charge in [0.2, 0.25) is 10.0 Å². The smallest absolute Gasteiger partial charge is 0.338 e. The Morgan fingerprint density at radius 2 is 2.14 bits per heavy atom. The first kappa shape index (κ1) is 16.5. The third-order valence-corrected chi connectivity index (χ3v) is 5.55. The van der Waals surface area contributed by atoms with Crippen molar-refractivity contribution >= 4 is 39.2 Å². The summed E-state index contributed by atoms with van der Waals surface area (Å²) in [7, 11) is -3.60. The Hall–Kier alpha value is -0.820. The maximum atomic E-state index is 11.9. The van der Waals surface area contributed by atoms with Gasteiger partial charge < -0.3 is 4.74 Å². The number of rotatable bonds is 6. The quantitative estimate of drug-likeness (QED) is 0.630. The molecule has 2 rings (SSSR count). The van der Waals surface area contributed by atoms with Crippen LogP contribution in [0.25, 0.3) is 0 Å². The lowest BCUT2D eigenvalue weighted by Crippen LogP contribution is -2.23. The number of esters is 1. The predicted molar refractivity (Wildman–Crippen MR) is 80.1 cm³/mol. The Labute approximate surface area is 133 Å². The average molecular weight is 352 g/mol. The monoisotopic (exact) mass is 351 g/mol. The van der Waals surface area contributed by atoms with Gasteiger partial charge in [-0.3, -0.25) is 0 Å². The molecule has 1 aromatic rings. The highest BCUT2D eigenvalue weighted by Gasteiger charge is 2.52. The minimum absolute atomic E-state index is 0.0225. The first-order valence-electron chi connectivity index (χ1n) is 6.41. The molecule has 0 unspecified atom stereocenters. The van der Waals surface area contributed by atoms with Crippen molar-refractivity contribution < 1.29 is 17.9 Å². The van der Waals surface area contributed by atoms with Crippen molar-refractivity contribution in [1.29, 1.82) is 0 Å². The Morgan fingerprint density at radius 3 is 2.71 bits per heavy atom. The van der Waals surface area contributed by atoms with E-state index in [1.807, 2.05) is 0 Å². The van der Waals surface area contributed by atoms with Gasteiger partial charge in [0.25, 0.3) is 0 Å². The zero-order valence-electron chi connectivity index (χ0n) is 11.3. The van der Waals surface area contributed by atoms with Crippen molar-refractivity contribution in [2.24, 2.45) is 5.92 Å². The van der Waals surface area contributed by atoms with Crippen LogP contribution >= 0.6 is 23.2 Å². The molecular formula is C13H15Cl2NO4S. The first-order chi connectivity index (χ1) is 9.76. The van der Waals surface area contributed by atoms with E-state index >= 15 is 0 Å². The van der Waals surface area contributed by atoms with E-state index < -0.39 is 20.3 Å². The van der Waals surface area contributed by atoms with Gasteiger partial charge in [-0.25, -0.2) is 17.9 Å². The van der Waals surface area contributed by atoms with Gasteiger partial charge in [0.05, 0.1) is 17.1 Å². The SMILES string of the molecule is CCNS(=O)(=O)c1cccc(C(=O)OC[C@H]2CC2(Cl)Cl)c1. The minimum Gasteiger partial charge on any atom is -0.462 e. The summed E-state index contributed by atoms with van der Waals surface area (Å²) in [4.78, 5) is 11.9. The van der Waals surface area contributed by atoms with Crippen LogP contribution in [0.1, 0.15) is 23.7 Å². The van der Waals surface area contributed by atoms with Crippen molar-refractivity contribution in [2.75, 3.05) is 13.2 Å². The summed E-state index contributed by atoms with van der Waals surface area (Å²) < 4.78 is 30.4. The molecule has 0 spiro atoms. The fourth-order valence-corrected chi connectivity index (χ4v) is 3.36. The third-order valence-electron chi connectivity index (χ3n) is 3.09. The Bertz CT molecular complexity index is 645. The van der Waals surface area contributed by atoms with Gasteiger partial charge in [-0.15, -0.1) is 23.2 Å². The molecular weight excluding hydrogens is 337 g/mol. The summed E-state index contributed by atoms with van der Waals surface area (Å²) in [6, 6.07) is 5.68. The van der Waals surface area contributed by atoms with Crippen LogP contribution < -0.4 is 4.72 Å². The van der Waals surface area contributed by atoms with E-state index in [-0.39, 0.29) is 29.5 Å².